The molecular formula is C27H37N7O5. The summed E-state index contributed by atoms with van der Waals surface area (Å²) in [5.74, 6) is -0.151. The van der Waals surface area contributed by atoms with Gasteiger partial charge in [0, 0.05) is 32.0 Å². The number of aromatic nitrogens is 4. The predicted molar refractivity (Wildman–Crippen MR) is 144 cm³/mol. The van der Waals surface area contributed by atoms with E-state index in [4.69, 9.17) is 10.5 Å². The molecule has 3 aromatic rings. The van der Waals surface area contributed by atoms with Gasteiger partial charge in [0.15, 0.2) is 11.5 Å². The van der Waals surface area contributed by atoms with Crippen molar-refractivity contribution in [3.8, 4) is 0 Å². The highest BCUT2D eigenvalue weighted by Crippen LogP contribution is 2.39. The van der Waals surface area contributed by atoms with E-state index in [9.17, 15) is 19.8 Å². The fraction of sp³-hybridized carbons (Fsp3) is 0.519. The normalized spacial score (nSPS) is 21.2. The molecule has 2 heterocycles. The molecule has 5 N–H and O–H groups in total. The number of imidazole rings is 1. The quantitative estimate of drug-likeness (QED) is 0.297. The smallest absolute Gasteiger partial charge is 0.407 e. The van der Waals surface area contributed by atoms with Crippen LogP contribution in [0, 0.1) is 5.92 Å². The molecule has 1 saturated carbocycles. The summed E-state index contributed by atoms with van der Waals surface area (Å²) in [4.78, 5) is 39.7. The Kier molecular flexibility index (Phi) is 8.66. The van der Waals surface area contributed by atoms with Gasteiger partial charge in [-0.15, -0.1) is 0 Å². The van der Waals surface area contributed by atoms with E-state index < -0.39 is 29.9 Å². The zero-order valence-electron chi connectivity index (χ0n) is 22.5. The van der Waals surface area contributed by atoms with Crippen LogP contribution in [-0.4, -0.2) is 77.5 Å². The molecule has 1 aliphatic rings. The van der Waals surface area contributed by atoms with E-state index in [1.807, 2.05) is 30.3 Å². The Balaban J connectivity index is 1.49. The minimum Gasteiger partial charge on any atom is -0.444 e. The summed E-state index contributed by atoms with van der Waals surface area (Å²) in [6, 6.07) is 9.06. The van der Waals surface area contributed by atoms with Crippen LogP contribution < -0.4 is 11.1 Å². The minimum absolute atomic E-state index is 0.0958. The van der Waals surface area contributed by atoms with Crippen molar-refractivity contribution in [3.63, 3.8) is 0 Å². The van der Waals surface area contributed by atoms with E-state index in [-0.39, 0.29) is 24.1 Å². The molecule has 0 spiro atoms. The summed E-state index contributed by atoms with van der Waals surface area (Å²) in [6.07, 6.45) is 1.25. The van der Waals surface area contributed by atoms with Gasteiger partial charge in [-0.2, -0.15) is 0 Å². The number of nitrogens with two attached hydrogens (primary N) is 1. The number of aliphatic hydroxyl groups excluding tert-OH is 2. The number of alkyl carbamates (subject to hydrolysis) is 1. The van der Waals surface area contributed by atoms with Gasteiger partial charge in [0.2, 0.25) is 5.91 Å². The van der Waals surface area contributed by atoms with Crippen LogP contribution in [0.5, 0.6) is 0 Å². The molecule has 0 unspecified atom stereocenters. The molecule has 12 nitrogen and oxygen atoms in total. The number of carbonyl (C=O) groups is 2. The van der Waals surface area contributed by atoms with Crippen LogP contribution in [0.4, 0.5) is 10.6 Å². The van der Waals surface area contributed by atoms with Gasteiger partial charge in [0.1, 0.15) is 23.5 Å². The Labute approximate surface area is 227 Å². The lowest BCUT2D eigenvalue weighted by atomic mass is 10.0. The molecule has 0 bridgehead atoms. The van der Waals surface area contributed by atoms with Crippen LogP contribution in [-0.2, 0) is 16.1 Å². The second-order valence-corrected chi connectivity index (χ2v) is 10.9. The highest BCUT2D eigenvalue weighted by Gasteiger charge is 2.44. The summed E-state index contributed by atoms with van der Waals surface area (Å²) in [7, 11) is 0. The van der Waals surface area contributed by atoms with Gasteiger partial charge in [-0.25, -0.2) is 19.7 Å². The van der Waals surface area contributed by atoms with Gasteiger partial charge in [-0.05, 0) is 39.2 Å². The van der Waals surface area contributed by atoms with Crippen molar-refractivity contribution in [3.05, 3.63) is 48.5 Å². The third-order valence-corrected chi connectivity index (χ3v) is 6.74. The van der Waals surface area contributed by atoms with E-state index in [2.05, 4.69) is 20.3 Å². The molecule has 210 valence electrons. The topological polar surface area (TPSA) is 169 Å². The number of hydrogen-bond donors (Lipinski definition) is 4. The minimum atomic E-state index is -1.07. The number of aliphatic hydroxyl groups is 2. The van der Waals surface area contributed by atoms with Crippen molar-refractivity contribution in [2.45, 2.75) is 70.4 Å². The number of nitrogens with one attached hydrogen (secondary N) is 1. The molecule has 0 radical (unpaired) electrons. The molecule has 4 atom stereocenters. The first-order valence-electron chi connectivity index (χ1n) is 13.1. The van der Waals surface area contributed by atoms with E-state index >= 15 is 0 Å². The average molecular weight is 540 g/mol. The van der Waals surface area contributed by atoms with Gasteiger partial charge in [0.25, 0.3) is 0 Å². The Morgan fingerprint density at radius 3 is 2.64 bits per heavy atom. The Morgan fingerprint density at radius 1 is 1.18 bits per heavy atom. The standard InChI is InChI=1S/C27H37N7O5/c1-27(2,3)39-26(38)29-11-7-10-20(36)33(13-17-8-5-4-6-9-17)14-18-12-19(35)23(37)22(18)34-16-32-21-24(28)30-15-31-25(21)34/h4-6,8-9,15-16,18-19,22-23,35,37H,7,10-14H2,1-3H3,(H,29,38)(H2,28,30,31)/t18-,19-,22-,23-/m0/s1. The number of rotatable bonds is 9. The van der Waals surface area contributed by atoms with E-state index in [1.165, 1.54) is 6.33 Å². The first-order chi connectivity index (χ1) is 18.5. The number of nitrogen functional groups attached to an aromatic ring is 1. The van der Waals surface area contributed by atoms with Crippen LogP contribution in [0.3, 0.4) is 0 Å². The molecule has 39 heavy (non-hydrogen) atoms. The number of ether oxygens (including phenoxy) is 1. The lowest BCUT2D eigenvalue weighted by molar-refractivity contribution is -0.132. The summed E-state index contributed by atoms with van der Waals surface area (Å²) >= 11 is 0. The third-order valence-electron chi connectivity index (χ3n) is 6.74. The average Bonchev–Trinajstić information content (AvgIpc) is 3.41. The summed E-state index contributed by atoms with van der Waals surface area (Å²) < 4.78 is 6.97. The van der Waals surface area contributed by atoms with Gasteiger partial charge in [-0.3, -0.25) is 4.79 Å². The van der Waals surface area contributed by atoms with Crippen molar-refractivity contribution in [2.24, 2.45) is 5.92 Å². The monoisotopic (exact) mass is 539 g/mol. The fourth-order valence-corrected chi connectivity index (χ4v) is 5.00. The first-order valence-corrected chi connectivity index (χ1v) is 13.1. The maximum absolute atomic E-state index is 13.4. The van der Waals surface area contributed by atoms with Crippen LogP contribution >= 0.6 is 0 Å². The van der Waals surface area contributed by atoms with Crippen LogP contribution in [0.15, 0.2) is 43.0 Å². The summed E-state index contributed by atoms with van der Waals surface area (Å²) in [5, 5.41) is 24.2. The second-order valence-electron chi connectivity index (χ2n) is 10.9. The predicted octanol–water partition coefficient (Wildman–Crippen LogP) is 2.02. The van der Waals surface area contributed by atoms with Crippen molar-refractivity contribution < 1.29 is 24.5 Å². The SMILES string of the molecule is CC(C)(C)OC(=O)NCCCC(=O)N(Cc1ccccc1)C[C@@H]1C[C@H](O)[C@H](O)[C@H]1n1cnc2c(N)ncnc21. The molecule has 2 amide bonds. The highest BCUT2D eigenvalue weighted by molar-refractivity contribution is 5.81. The molecular weight excluding hydrogens is 502 g/mol. The number of hydrogen-bond acceptors (Lipinski definition) is 9. The van der Waals surface area contributed by atoms with Crippen LogP contribution in [0.2, 0.25) is 0 Å². The van der Waals surface area contributed by atoms with Gasteiger partial charge < -0.3 is 35.5 Å². The van der Waals surface area contributed by atoms with E-state index in [1.54, 1.807) is 36.6 Å². The maximum Gasteiger partial charge on any atom is 0.407 e. The number of benzene rings is 1. The summed E-state index contributed by atoms with van der Waals surface area (Å²) in [6.45, 7) is 6.33. The number of amides is 2. The summed E-state index contributed by atoms with van der Waals surface area (Å²) in [5.41, 5.74) is 7.19. The Morgan fingerprint density at radius 2 is 1.92 bits per heavy atom. The number of nitrogens with zero attached hydrogens (tertiary/aromatic N) is 5. The fourth-order valence-electron chi connectivity index (χ4n) is 5.00. The Bertz CT molecular complexity index is 1280. The van der Waals surface area contributed by atoms with Crippen LogP contribution in [0.25, 0.3) is 11.2 Å². The zero-order valence-corrected chi connectivity index (χ0v) is 22.5. The molecule has 0 aliphatic heterocycles. The van der Waals surface area contributed by atoms with Crippen molar-refractivity contribution >= 4 is 29.0 Å². The number of carbonyl (C=O) groups excluding carboxylic acids is 2. The molecule has 4 rings (SSSR count). The molecule has 1 aliphatic carbocycles. The largest absolute Gasteiger partial charge is 0.444 e. The Hall–Kier alpha value is -3.77. The lowest BCUT2D eigenvalue weighted by Crippen LogP contribution is -2.38. The molecule has 2 aromatic heterocycles. The van der Waals surface area contributed by atoms with Crippen molar-refractivity contribution in [2.75, 3.05) is 18.8 Å². The zero-order chi connectivity index (χ0) is 28.2. The second kappa shape index (κ2) is 12.0. The maximum atomic E-state index is 13.4. The van der Waals surface area contributed by atoms with Gasteiger partial charge in [0.05, 0.1) is 18.5 Å². The molecule has 12 heteroatoms. The van der Waals surface area contributed by atoms with Crippen LogP contribution in [0.1, 0.15) is 51.6 Å². The lowest BCUT2D eigenvalue weighted by Gasteiger charge is -2.30. The van der Waals surface area contributed by atoms with Crippen molar-refractivity contribution in [1.29, 1.82) is 0 Å². The highest BCUT2D eigenvalue weighted by atomic mass is 16.6. The van der Waals surface area contributed by atoms with E-state index in [0.717, 1.165) is 5.56 Å². The van der Waals surface area contributed by atoms with Gasteiger partial charge >= 0.3 is 6.09 Å². The molecule has 1 fully saturated rings. The van der Waals surface area contributed by atoms with Crippen molar-refractivity contribution in [1.82, 2.24) is 29.7 Å². The number of fused-ring (bicyclic) bond motifs is 1. The van der Waals surface area contributed by atoms with E-state index in [0.29, 0.717) is 43.6 Å². The molecule has 1 aromatic carbocycles. The molecule has 0 saturated heterocycles. The first kappa shape index (κ1) is 28.2. The van der Waals surface area contributed by atoms with Gasteiger partial charge in [-0.1, -0.05) is 30.3 Å². The number of anilines is 1. The third kappa shape index (κ3) is 7.01.